The van der Waals surface area contributed by atoms with Gasteiger partial charge in [-0.05, 0) is 25.0 Å². The number of rotatable bonds is 7. The molecule has 0 unspecified atom stereocenters. The molecule has 0 heterocycles. The summed E-state index contributed by atoms with van der Waals surface area (Å²) in [6.45, 7) is 5.13. The van der Waals surface area contributed by atoms with Crippen molar-refractivity contribution in [3.05, 3.63) is 29.8 Å². The van der Waals surface area contributed by atoms with Crippen molar-refractivity contribution in [2.75, 3.05) is 12.4 Å². The standard InChI is InChI=1S/C23H33NO4S/c1-23(2,3)20(25)15-28-22(27)18-13-9-10-14-19(18)29-16-21(26)24-17-11-7-5-4-6-8-12-17/h9-10,13-14,17H,4-8,11-12,15-16H2,1-3H3,(H,24,26). The van der Waals surface area contributed by atoms with Crippen LogP contribution in [0.3, 0.4) is 0 Å². The molecule has 0 bridgehead atoms. The zero-order valence-corrected chi connectivity index (χ0v) is 18.6. The number of Topliss-reactive ketones (excluding diaryl/α,β-unsaturated/α-hetero) is 1. The number of thioether (sulfide) groups is 1. The van der Waals surface area contributed by atoms with Crippen molar-refractivity contribution < 1.29 is 19.1 Å². The molecule has 1 N–H and O–H groups in total. The van der Waals surface area contributed by atoms with Crippen molar-refractivity contribution in [3.8, 4) is 0 Å². The van der Waals surface area contributed by atoms with Crippen LogP contribution in [0.15, 0.2) is 29.2 Å². The lowest BCUT2D eigenvalue weighted by Crippen LogP contribution is -2.36. The molecule has 5 nitrogen and oxygen atoms in total. The highest BCUT2D eigenvalue weighted by Gasteiger charge is 2.23. The van der Waals surface area contributed by atoms with Gasteiger partial charge in [0.15, 0.2) is 12.4 Å². The van der Waals surface area contributed by atoms with Crippen LogP contribution in [-0.2, 0) is 14.3 Å². The fourth-order valence-electron chi connectivity index (χ4n) is 3.20. The smallest absolute Gasteiger partial charge is 0.339 e. The van der Waals surface area contributed by atoms with Gasteiger partial charge in [0.1, 0.15) is 0 Å². The summed E-state index contributed by atoms with van der Waals surface area (Å²) in [6, 6.07) is 7.30. The molecule has 1 aromatic carbocycles. The normalized spacial score (nSPS) is 15.8. The van der Waals surface area contributed by atoms with Gasteiger partial charge in [-0.1, -0.05) is 65.0 Å². The summed E-state index contributed by atoms with van der Waals surface area (Å²) in [6.07, 6.45) is 8.20. The first-order valence-electron chi connectivity index (χ1n) is 10.5. The van der Waals surface area contributed by atoms with Crippen molar-refractivity contribution in [1.82, 2.24) is 5.32 Å². The molecule has 2 rings (SSSR count). The highest BCUT2D eigenvalue weighted by Crippen LogP contribution is 2.24. The molecule has 29 heavy (non-hydrogen) atoms. The summed E-state index contributed by atoms with van der Waals surface area (Å²) < 4.78 is 5.21. The van der Waals surface area contributed by atoms with Crippen molar-refractivity contribution in [3.63, 3.8) is 0 Å². The number of hydrogen-bond acceptors (Lipinski definition) is 5. The van der Waals surface area contributed by atoms with Gasteiger partial charge < -0.3 is 10.1 Å². The fraction of sp³-hybridized carbons (Fsp3) is 0.609. The van der Waals surface area contributed by atoms with Crippen LogP contribution in [0.5, 0.6) is 0 Å². The Kier molecular flexibility index (Phi) is 9.21. The fourth-order valence-corrected chi connectivity index (χ4v) is 4.05. The number of nitrogens with one attached hydrogen (secondary N) is 1. The highest BCUT2D eigenvalue weighted by atomic mass is 32.2. The first-order valence-corrected chi connectivity index (χ1v) is 11.5. The van der Waals surface area contributed by atoms with Crippen LogP contribution in [0.1, 0.15) is 76.1 Å². The first-order chi connectivity index (χ1) is 13.8. The lowest BCUT2D eigenvalue weighted by atomic mass is 9.91. The van der Waals surface area contributed by atoms with Crippen LogP contribution in [-0.4, -0.2) is 36.1 Å². The van der Waals surface area contributed by atoms with E-state index >= 15 is 0 Å². The molecule has 0 saturated heterocycles. The quantitative estimate of drug-likeness (QED) is 0.509. The van der Waals surface area contributed by atoms with Crippen molar-refractivity contribution >= 4 is 29.4 Å². The average molecular weight is 420 g/mol. The molecule has 0 spiro atoms. The largest absolute Gasteiger partial charge is 0.454 e. The molecular weight excluding hydrogens is 386 g/mol. The Labute approximate surface area is 178 Å². The summed E-state index contributed by atoms with van der Waals surface area (Å²) >= 11 is 1.32. The zero-order chi connectivity index (χ0) is 21.3. The van der Waals surface area contributed by atoms with Gasteiger partial charge in [-0.2, -0.15) is 0 Å². The van der Waals surface area contributed by atoms with Crippen LogP contribution in [0.25, 0.3) is 0 Å². The van der Waals surface area contributed by atoms with Gasteiger partial charge in [0.05, 0.1) is 11.3 Å². The molecule has 1 amide bonds. The van der Waals surface area contributed by atoms with Gasteiger partial charge in [-0.25, -0.2) is 4.79 Å². The topological polar surface area (TPSA) is 72.5 Å². The number of ether oxygens (including phenoxy) is 1. The molecule has 1 aliphatic carbocycles. The van der Waals surface area contributed by atoms with Crippen molar-refractivity contribution in [2.24, 2.45) is 5.41 Å². The highest BCUT2D eigenvalue weighted by molar-refractivity contribution is 8.00. The molecule has 160 valence electrons. The number of carbonyl (C=O) groups excluding carboxylic acids is 3. The second kappa shape index (κ2) is 11.4. The summed E-state index contributed by atoms with van der Waals surface area (Å²) in [5.74, 6) is -0.422. The Bertz CT molecular complexity index is 703. The van der Waals surface area contributed by atoms with Crippen molar-refractivity contribution in [2.45, 2.75) is 76.7 Å². The minimum Gasteiger partial charge on any atom is -0.454 e. The second-order valence-corrected chi connectivity index (χ2v) is 9.66. The Hall–Kier alpha value is -1.82. The van der Waals surface area contributed by atoms with E-state index in [2.05, 4.69) is 5.32 Å². The Balaban J connectivity index is 1.88. The monoisotopic (exact) mass is 419 g/mol. The molecule has 1 saturated carbocycles. The summed E-state index contributed by atoms with van der Waals surface area (Å²) in [7, 11) is 0. The van der Waals surface area contributed by atoms with E-state index in [4.69, 9.17) is 4.74 Å². The third-order valence-electron chi connectivity index (χ3n) is 5.11. The maximum Gasteiger partial charge on any atom is 0.339 e. The number of ketones is 1. The number of benzene rings is 1. The molecule has 1 aliphatic rings. The van der Waals surface area contributed by atoms with Crippen LogP contribution < -0.4 is 5.32 Å². The van der Waals surface area contributed by atoms with Crippen LogP contribution in [0.2, 0.25) is 0 Å². The van der Waals surface area contributed by atoms with Crippen molar-refractivity contribution in [1.29, 1.82) is 0 Å². The third-order valence-corrected chi connectivity index (χ3v) is 6.18. The Morgan fingerprint density at radius 2 is 1.66 bits per heavy atom. The minimum atomic E-state index is -0.552. The van der Waals surface area contributed by atoms with E-state index in [0.29, 0.717) is 10.5 Å². The zero-order valence-electron chi connectivity index (χ0n) is 17.8. The summed E-state index contributed by atoms with van der Waals surface area (Å²) in [4.78, 5) is 37.5. The number of esters is 1. The Morgan fingerprint density at radius 3 is 2.31 bits per heavy atom. The SMILES string of the molecule is CC(C)(C)C(=O)COC(=O)c1ccccc1SCC(=O)NC1CCCCCCC1. The van der Waals surface area contributed by atoms with E-state index in [1.54, 1.807) is 39.0 Å². The van der Waals surface area contributed by atoms with E-state index in [0.717, 1.165) is 12.8 Å². The first kappa shape index (κ1) is 23.5. The van der Waals surface area contributed by atoms with Gasteiger partial charge in [-0.3, -0.25) is 9.59 Å². The summed E-state index contributed by atoms with van der Waals surface area (Å²) in [5.41, 5.74) is -0.165. The lowest BCUT2D eigenvalue weighted by molar-refractivity contribution is -0.129. The van der Waals surface area contributed by atoms with Gasteiger partial charge >= 0.3 is 5.97 Å². The molecule has 1 aromatic rings. The van der Waals surface area contributed by atoms with E-state index in [1.165, 1.54) is 43.9 Å². The predicted molar refractivity (Wildman–Crippen MR) is 116 cm³/mol. The predicted octanol–water partition coefficient (Wildman–Crippen LogP) is 4.78. The van der Waals surface area contributed by atoms with E-state index in [1.807, 2.05) is 6.07 Å². The van der Waals surface area contributed by atoms with E-state index in [9.17, 15) is 14.4 Å². The molecular formula is C23H33NO4S. The van der Waals surface area contributed by atoms with Crippen LogP contribution in [0, 0.1) is 5.41 Å². The van der Waals surface area contributed by atoms with Crippen LogP contribution >= 0.6 is 11.8 Å². The summed E-state index contributed by atoms with van der Waals surface area (Å²) in [5, 5.41) is 3.14. The molecule has 6 heteroatoms. The van der Waals surface area contributed by atoms with Gasteiger partial charge in [-0.15, -0.1) is 11.8 Å². The number of hydrogen-bond donors (Lipinski definition) is 1. The van der Waals surface area contributed by atoms with E-state index < -0.39 is 11.4 Å². The molecule has 0 atom stereocenters. The Morgan fingerprint density at radius 1 is 1.03 bits per heavy atom. The van der Waals surface area contributed by atoms with Crippen LogP contribution in [0.4, 0.5) is 0 Å². The minimum absolute atomic E-state index is 0.00773. The third kappa shape index (κ3) is 8.21. The van der Waals surface area contributed by atoms with Gasteiger partial charge in [0.25, 0.3) is 0 Å². The maximum absolute atomic E-state index is 12.4. The average Bonchev–Trinajstić information content (AvgIpc) is 2.65. The lowest BCUT2D eigenvalue weighted by Gasteiger charge is -2.21. The molecule has 1 fully saturated rings. The molecule has 0 aromatic heterocycles. The van der Waals surface area contributed by atoms with E-state index in [-0.39, 0.29) is 30.1 Å². The van der Waals surface area contributed by atoms with Gasteiger partial charge in [0.2, 0.25) is 5.91 Å². The molecule has 0 radical (unpaired) electrons. The molecule has 0 aliphatic heterocycles. The van der Waals surface area contributed by atoms with Gasteiger partial charge in [0, 0.05) is 16.4 Å². The number of carbonyl (C=O) groups is 3. The maximum atomic E-state index is 12.4. The second-order valence-electron chi connectivity index (χ2n) is 8.64. The number of amides is 1.